The molecule has 0 radical (unpaired) electrons. The lowest BCUT2D eigenvalue weighted by Crippen LogP contribution is -2.39. The molecular weight excluding hydrogens is 461 g/mol. The summed E-state index contributed by atoms with van der Waals surface area (Å²) < 4.78 is 24.5. The summed E-state index contributed by atoms with van der Waals surface area (Å²) in [4.78, 5) is 43.7. The average molecular weight is 482 g/mol. The van der Waals surface area contributed by atoms with Crippen molar-refractivity contribution in [3.8, 4) is 0 Å². The molecule has 0 fully saturated rings. The molecule has 2 aliphatic rings. The van der Waals surface area contributed by atoms with E-state index in [2.05, 4.69) is 15.9 Å². The van der Waals surface area contributed by atoms with Gasteiger partial charge in [0.2, 0.25) is 0 Å². The van der Waals surface area contributed by atoms with E-state index in [4.69, 9.17) is 25.9 Å². The van der Waals surface area contributed by atoms with E-state index in [1.54, 1.807) is 6.92 Å². The minimum absolute atomic E-state index is 0.103. The molecule has 0 spiro atoms. The Morgan fingerprint density at radius 1 is 1.39 bits per heavy atom. The highest BCUT2D eigenvalue weighted by atomic mass is 35.5. The van der Waals surface area contributed by atoms with Crippen molar-refractivity contribution in [3.63, 3.8) is 0 Å². The van der Waals surface area contributed by atoms with E-state index in [1.807, 2.05) is 0 Å². The molecule has 1 atom stereocenters. The molecule has 1 aromatic heterocycles. The second kappa shape index (κ2) is 9.63. The molecule has 3 heterocycles. The second-order valence-electron chi connectivity index (χ2n) is 7.35. The second-order valence-corrected chi connectivity index (χ2v) is 7.76. The molecule has 0 aliphatic carbocycles. The number of fused-ring (bicyclic) bond motifs is 3. The predicted molar refractivity (Wildman–Crippen MR) is 112 cm³/mol. The number of hydrogen-bond donors (Lipinski definition) is 2. The molecule has 1 aromatic carbocycles. The Bertz CT molecular complexity index is 1090. The van der Waals surface area contributed by atoms with Gasteiger partial charge < -0.3 is 19.7 Å². The molecule has 2 aromatic rings. The highest BCUT2D eigenvalue weighted by Gasteiger charge is 2.33. The van der Waals surface area contributed by atoms with Crippen molar-refractivity contribution in [1.29, 1.82) is 0 Å². The van der Waals surface area contributed by atoms with Crippen molar-refractivity contribution in [3.05, 3.63) is 46.0 Å². The molecule has 13 heteroatoms. The SMILES string of the molecule is CCOC(=O)OCC1Cn2nc3c(c2C(=O)NO1)CN(C(=O)Nc1ccc(F)c(Cl)c1)CC3. The largest absolute Gasteiger partial charge is 0.508 e. The maximum Gasteiger partial charge on any atom is 0.508 e. The zero-order valence-electron chi connectivity index (χ0n) is 17.6. The van der Waals surface area contributed by atoms with Gasteiger partial charge in [0.1, 0.15) is 24.2 Å². The molecule has 2 N–H and O–H groups in total. The molecule has 1 unspecified atom stereocenters. The first-order valence-corrected chi connectivity index (χ1v) is 10.6. The van der Waals surface area contributed by atoms with Crippen LogP contribution in [0.1, 0.15) is 28.7 Å². The van der Waals surface area contributed by atoms with E-state index in [0.717, 1.165) is 6.07 Å². The number of halogens is 2. The van der Waals surface area contributed by atoms with E-state index < -0.39 is 30.0 Å². The van der Waals surface area contributed by atoms with Crippen LogP contribution < -0.4 is 10.8 Å². The summed E-state index contributed by atoms with van der Waals surface area (Å²) in [6.07, 6.45) is -1.07. The summed E-state index contributed by atoms with van der Waals surface area (Å²) in [6.45, 7) is 2.36. The number of amides is 3. The molecule has 176 valence electrons. The van der Waals surface area contributed by atoms with Crippen molar-refractivity contribution in [2.24, 2.45) is 0 Å². The van der Waals surface area contributed by atoms with Crippen molar-refractivity contribution in [2.45, 2.75) is 32.5 Å². The van der Waals surface area contributed by atoms with Gasteiger partial charge in [-0.25, -0.2) is 19.5 Å². The molecule has 2 aliphatic heterocycles. The van der Waals surface area contributed by atoms with Gasteiger partial charge in [0.05, 0.1) is 30.4 Å². The van der Waals surface area contributed by atoms with Crippen LogP contribution in [0.25, 0.3) is 0 Å². The smallest absolute Gasteiger partial charge is 0.435 e. The van der Waals surface area contributed by atoms with Crippen LogP contribution in [0.3, 0.4) is 0 Å². The van der Waals surface area contributed by atoms with Gasteiger partial charge in [0.15, 0.2) is 0 Å². The monoisotopic (exact) mass is 481 g/mol. The highest BCUT2D eigenvalue weighted by molar-refractivity contribution is 6.31. The fraction of sp³-hybridized carbons (Fsp3) is 0.400. The standard InChI is InChI=1S/C20H21ClFN5O6/c1-2-31-20(30)32-10-12-8-27-17(18(28)25-33-12)13-9-26(6-5-16(13)24-27)19(29)23-11-3-4-15(22)14(21)7-11/h3-4,7,12H,2,5-6,8-10H2,1H3,(H,23,29)(H,25,28). The van der Waals surface area contributed by atoms with Gasteiger partial charge in [0.25, 0.3) is 5.91 Å². The lowest BCUT2D eigenvalue weighted by molar-refractivity contribution is -0.0545. The van der Waals surface area contributed by atoms with Crippen LogP contribution in [0.15, 0.2) is 18.2 Å². The van der Waals surface area contributed by atoms with Crippen LogP contribution in [-0.4, -0.2) is 58.6 Å². The Morgan fingerprint density at radius 2 is 2.21 bits per heavy atom. The Hall–Kier alpha value is -3.38. The zero-order chi connectivity index (χ0) is 23.5. The van der Waals surface area contributed by atoms with Gasteiger partial charge in [-0.15, -0.1) is 0 Å². The first-order chi connectivity index (χ1) is 15.9. The predicted octanol–water partition coefficient (Wildman–Crippen LogP) is 2.48. The number of hydroxylamine groups is 1. The summed E-state index contributed by atoms with van der Waals surface area (Å²) in [7, 11) is 0. The third kappa shape index (κ3) is 5.01. The number of ether oxygens (including phenoxy) is 2. The Labute approximate surface area is 192 Å². The van der Waals surface area contributed by atoms with Crippen LogP contribution >= 0.6 is 11.6 Å². The van der Waals surface area contributed by atoms with Gasteiger partial charge in [-0.1, -0.05) is 11.6 Å². The lowest BCUT2D eigenvalue weighted by atomic mass is 10.1. The van der Waals surface area contributed by atoms with E-state index in [1.165, 1.54) is 21.7 Å². The maximum absolute atomic E-state index is 13.4. The van der Waals surface area contributed by atoms with Crippen molar-refractivity contribution in [1.82, 2.24) is 20.2 Å². The Balaban J connectivity index is 1.46. The molecule has 3 amide bonds. The number of carbonyl (C=O) groups is 3. The van der Waals surface area contributed by atoms with Crippen molar-refractivity contribution < 1.29 is 33.1 Å². The van der Waals surface area contributed by atoms with Crippen LogP contribution in [0.5, 0.6) is 0 Å². The minimum atomic E-state index is -0.833. The Morgan fingerprint density at radius 3 is 2.97 bits per heavy atom. The fourth-order valence-corrected chi connectivity index (χ4v) is 3.77. The van der Waals surface area contributed by atoms with Crippen LogP contribution in [0.4, 0.5) is 19.7 Å². The summed E-state index contributed by atoms with van der Waals surface area (Å²) in [6, 6.07) is 3.47. The minimum Gasteiger partial charge on any atom is -0.435 e. The number of benzene rings is 1. The van der Waals surface area contributed by atoms with Crippen LogP contribution in [-0.2, 0) is 33.8 Å². The van der Waals surface area contributed by atoms with Gasteiger partial charge in [-0.3, -0.25) is 14.3 Å². The summed E-state index contributed by atoms with van der Waals surface area (Å²) >= 11 is 5.77. The van der Waals surface area contributed by atoms with Crippen molar-refractivity contribution in [2.75, 3.05) is 25.1 Å². The van der Waals surface area contributed by atoms with Gasteiger partial charge >= 0.3 is 12.2 Å². The average Bonchev–Trinajstić information content (AvgIpc) is 3.07. The summed E-state index contributed by atoms with van der Waals surface area (Å²) in [5.41, 5.74) is 4.25. The number of nitrogens with one attached hydrogen (secondary N) is 2. The molecule has 4 rings (SSSR count). The Kier molecular flexibility index (Phi) is 6.65. The van der Waals surface area contributed by atoms with E-state index >= 15 is 0 Å². The molecule has 0 saturated carbocycles. The maximum atomic E-state index is 13.4. The third-order valence-electron chi connectivity index (χ3n) is 5.12. The number of carbonyl (C=O) groups excluding carboxylic acids is 3. The van der Waals surface area contributed by atoms with E-state index in [-0.39, 0.29) is 37.0 Å². The number of anilines is 1. The quantitative estimate of drug-likeness (QED) is 0.643. The topological polar surface area (TPSA) is 124 Å². The van der Waals surface area contributed by atoms with Crippen LogP contribution in [0, 0.1) is 5.82 Å². The van der Waals surface area contributed by atoms with E-state index in [9.17, 15) is 18.8 Å². The normalized spacial score (nSPS) is 17.4. The van der Waals surface area contributed by atoms with Crippen molar-refractivity contribution >= 4 is 35.4 Å². The molecule has 0 saturated heterocycles. The molecular formula is C20H21ClFN5O6. The number of rotatable bonds is 4. The zero-order valence-corrected chi connectivity index (χ0v) is 18.4. The number of nitrogens with zero attached hydrogens (tertiary/aromatic N) is 3. The molecule has 0 bridgehead atoms. The summed E-state index contributed by atoms with van der Waals surface area (Å²) in [5, 5.41) is 7.07. The van der Waals surface area contributed by atoms with E-state index in [0.29, 0.717) is 29.9 Å². The molecule has 11 nitrogen and oxygen atoms in total. The van der Waals surface area contributed by atoms with Gasteiger partial charge in [-0.2, -0.15) is 5.10 Å². The van der Waals surface area contributed by atoms with Crippen LogP contribution in [0.2, 0.25) is 5.02 Å². The first kappa shape index (κ1) is 22.8. The van der Waals surface area contributed by atoms with Gasteiger partial charge in [0, 0.05) is 24.2 Å². The highest BCUT2D eigenvalue weighted by Crippen LogP contribution is 2.25. The fourth-order valence-electron chi connectivity index (χ4n) is 3.59. The number of hydrogen-bond acceptors (Lipinski definition) is 7. The van der Waals surface area contributed by atoms with Gasteiger partial charge in [-0.05, 0) is 25.1 Å². The summed E-state index contributed by atoms with van der Waals surface area (Å²) in [5.74, 6) is -1.10. The number of aromatic nitrogens is 2. The first-order valence-electron chi connectivity index (χ1n) is 10.2. The number of urea groups is 1. The lowest BCUT2D eigenvalue weighted by Gasteiger charge is -2.27. The molecule has 33 heavy (non-hydrogen) atoms. The third-order valence-corrected chi connectivity index (χ3v) is 5.41.